The normalized spacial score (nSPS) is 24.3. The third-order valence-electron chi connectivity index (χ3n) is 3.39. The molecular formula is C13H26N2. The monoisotopic (exact) mass is 210 g/mol. The molecule has 1 N–H and O–H groups in total. The molecule has 0 bridgehead atoms. The van der Waals surface area contributed by atoms with Gasteiger partial charge < -0.3 is 5.32 Å². The van der Waals surface area contributed by atoms with Crippen molar-refractivity contribution in [1.82, 2.24) is 10.2 Å². The van der Waals surface area contributed by atoms with E-state index in [1.165, 1.54) is 32.4 Å². The number of hydrogen-bond donors (Lipinski definition) is 1. The maximum atomic E-state index is 3.75. The second kappa shape index (κ2) is 7.02. The van der Waals surface area contributed by atoms with E-state index >= 15 is 0 Å². The van der Waals surface area contributed by atoms with Gasteiger partial charge in [0.2, 0.25) is 0 Å². The van der Waals surface area contributed by atoms with Gasteiger partial charge in [0.1, 0.15) is 0 Å². The maximum Gasteiger partial charge on any atom is 0.0110 e. The van der Waals surface area contributed by atoms with Gasteiger partial charge in [-0.05, 0) is 46.1 Å². The molecule has 1 aliphatic rings. The summed E-state index contributed by atoms with van der Waals surface area (Å²) < 4.78 is 0. The van der Waals surface area contributed by atoms with Gasteiger partial charge in [0.05, 0.1) is 0 Å². The molecule has 0 aromatic heterocycles. The third kappa shape index (κ3) is 4.80. The van der Waals surface area contributed by atoms with Crippen LogP contribution in [0.5, 0.6) is 0 Å². The fraction of sp³-hybridized carbons (Fsp3) is 0.846. The average Bonchev–Trinajstić information content (AvgIpc) is 2.61. The van der Waals surface area contributed by atoms with Gasteiger partial charge in [0.15, 0.2) is 0 Å². The molecule has 15 heavy (non-hydrogen) atoms. The van der Waals surface area contributed by atoms with Crippen LogP contribution in [0, 0.1) is 0 Å². The fourth-order valence-corrected chi connectivity index (χ4v) is 2.25. The maximum absolute atomic E-state index is 3.75. The predicted octanol–water partition coefficient (Wildman–Crippen LogP) is 2.42. The fourth-order valence-electron chi connectivity index (χ4n) is 2.25. The molecule has 0 aromatic rings. The van der Waals surface area contributed by atoms with Crippen molar-refractivity contribution in [3.8, 4) is 0 Å². The summed E-state index contributed by atoms with van der Waals surface area (Å²) in [6.07, 6.45) is 7.09. The zero-order chi connectivity index (χ0) is 11.1. The number of rotatable bonds is 7. The lowest BCUT2D eigenvalue weighted by atomic mass is 10.2. The Morgan fingerprint density at radius 1 is 1.60 bits per heavy atom. The van der Waals surface area contributed by atoms with E-state index in [0.29, 0.717) is 6.04 Å². The van der Waals surface area contributed by atoms with Gasteiger partial charge in [-0.2, -0.15) is 0 Å². The Hall–Kier alpha value is -0.340. The molecule has 0 saturated carbocycles. The highest BCUT2D eigenvalue weighted by molar-refractivity contribution is 4.76. The van der Waals surface area contributed by atoms with Crippen LogP contribution in [0.1, 0.15) is 39.5 Å². The molecule has 2 atom stereocenters. The molecule has 0 aromatic carbocycles. The first kappa shape index (κ1) is 12.7. The summed E-state index contributed by atoms with van der Waals surface area (Å²) in [5, 5.41) is 3.58. The van der Waals surface area contributed by atoms with Crippen molar-refractivity contribution in [3.63, 3.8) is 0 Å². The van der Waals surface area contributed by atoms with Crippen LogP contribution >= 0.6 is 0 Å². The summed E-state index contributed by atoms with van der Waals surface area (Å²) >= 11 is 0. The van der Waals surface area contributed by atoms with Crippen molar-refractivity contribution in [1.29, 1.82) is 0 Å². The Balaban J connectivity index is 2.02. The third-order valence-corrected chi connectivity index (χ3v) is 3.39. The predicted molar refractivity (Wildman–Crippen MR) is 67.2 cm³/mol. The quantitative estimate of drug-likeness (QED) is 0.649. The van der Waals surface area contributed by atoms with Crippen LogP contribution in [0.25, 0.3) is 0 Å². The zero-order valence-corrected chi connectivity index (χ0v) is 10.3. The summed E-state index contributed by atoms with van der Waals surface area (Å²) in [6.45, 7) is 12.0. The standard InChI is InChI=1S/C13H26N2/c1-4-5-7-12(2)14-9-11-15-10-6-8-13(15)3/h4,12-14H,1,5-11H2,2-3H3. The lowest BCUT2D eigenvalue weighted by Gasteiger charge is -2.22. The van der Waals surface area contributed by atoms with Gasteiger partial charge in [-0.15, -0.1) is 6.58 Å². The van der Waals surface area contributed by atoms with E-state index in [0.717, 1.165) is 19.0 Å². The summed E-state index contributed by atoms with van der Waals surface area (Å²) in [4.78, 5) is 2.59. The van der Waals surface area contributed by atoms with E-state index in [9.17, 15) is 0 Å². The van der Waals surface area contributed by atoms with E-state index in [2.05, 4.69) is 30.6 Å². The highest BCUT2D eigenvalue weighted by atomic mass is 15.2. The Morgan fingerprint density at radius 3 is 3.00 bits per heavy atom. The SMILES string of the molecule is C=CCCC(C)NCCN1CCCC1C. The van der Waals surface area contributed by atoms with Crippen molar-refractivity contribution in [3.05, 3.63) is 12.7 Å². The van der Waals surface area contributed by atoms with Crippen molar-refractivity contribution in [2.45, 2.75) is 51.6 Å². The molecule has 1 heterocycles. The van der Waals surface area contributed by atoms with Crippen LogP contribution in [-0.2, 0) is 0 Å². The molecule has 0 aliphatic carbocycles. The molecule has 2 nitrogen and oxygen atoms in total. The zero-order valence-electron chi connectivity index (χ0n) is 10.3. The van der Waals surface area contributed by atoms with Gasteiger partial charge >= 0.3 is 0 Å². The van der Waals surface area contributed by atoms with Gasteiger partial charge in [-0.3, -0.25) is 4.90 Å². The first-order valence-corrected chi connectivity index (χ1v) is 6.32. The summed E-state index contributed by atoms with van der Waals surface area (Å²) in [5.74, 6) is 0. The Bertz CT molecular complexity index is 179. The van der Waals surface area contributed by atoms with Crippen molar-refractivity contribution in [2.24, 2.45) is 0 Å². The van der Waals surface area contributed by atoms with Crippen LogP contribution in [0.15, 0.2) is 12.7 Å². The van der Waals surface area contributed by atoms with Gasteiger partial charge in [0.25, 0.3) is 0 Å². The molecular weight excluding hydrogens is 184 g/mol. The second-order valence-electron chi connectivity index (χ2n) is 4.75. The topological polar surface area (TPSA) is 15.3 Å². The number of allylic oxidation sites excluding steroid dienone is 1. The summed E-state index contributed by atoms with van der Waals surface area (Å²) in [7, 11) is 0. The van der Waals surface area contributed by atoms with Crippen LogP contribution in [-0.4, -0.2) is 36.6 Å². The Kier molecular flexibility index (Phi) is 5.96. The molecule has 1 rings (SSSR count). The van der Waals surface area contributed by atoms with Crippen LogP contribution in [0.4, 0.5) is 0 Å². The minimum Gasteiger partial charge on any atom is -0.313 e. The minimum absolute atomic E-state index is 0.626. The molecule has 88 valence electrons. The highest BCUT2D eigenvalue weighted by Crippen LogP contribution is 2.14. The highest BCUT2D eigenvalue weighted by Gasteiger charge is 2.19. The Labute approximate surface area is 94.7 Å². The molecule has 2 heteroatoms. The van der Waals surface area contributed by atoms with Crippen LogP contribution in [0.3, 0.4) is 0 Å². The van der Waals surface area contributed by atoms with Gasteiger partial charge in [-0.1, -0.05) is 6.08 Å². The van der Waals surface area contributed by atoms with E-state index < -0.39 is 0 Å². The smallest absolute Gasteiger partial charge is 0.0110 e. The first-order valence-electron chi connectivity index (χ1n) is 6.32. The number of likely N-dealkylation sites (tertiary alicyclic amines) is 1. The lowest BCUT2D eigenvalue weighted by Crippen LogP contribution is -2.37. The number of nitrogens with zero attached hydrogens (tertiary/aromatic N) is 1. The largest absolute Gasteiger partial charge is 0.313 e. The molecule has 1 saturated heterocycles. The number of hydrogen-bond acceptors (Lipinski definition) is 2. The average molecular weight is 210 g/mol. The van der Waals surface area contributed by atoms with Crippen LogP contribution < -0.4 is 5.32 Å². The van der Waals surface area contributed by atoms with E-state index in [4.69, 9.17) is 0 Å². The summed E-state index contributed by atoms with van der Waals surface area (Å²) in [6, 6.07) is 1.43. The van der Waals surface area contributed by atoms with E-state index in [-0.39, 0.29) is 0 Å². The van der Waals surface area contributed by atoms with E-state index in [1.807, 2.05) is 6.08 Å². The Morgan fingerprint density at radius 2 is 2.40 bits per heavy atom. The molecule has 1 fully saturated rings. The molecule has 0 spiro atoms. The van der Waals surface area contributed by atoms with E-state index in [1.54, 1.807) is 0 Å². The molecule has 0 radical (unpaired) electrons. The minimum atomic E-state index is 0.626. The lowest BCUT2D eigenvalue weighted by molar-refractivity contribution is 0.264. The van der Waals surface area contributed by atoms with Crippen LogP contribution in [0.2, 0.25) is 0 Å². The van der Waals surface area contributed by atoms with Gasteiger partial charge in [0, 0.05) is 25.2 Å². The van der Waals surface area contributed by atoms with Crippen molar-refractivity contribution >= 4 is 0 Å². The second-order valence-corrected chi connectivity index (χ2v) is 4.75. The molecule has 2 unspecified atom stereocenters. The molecule has 0 amide bonds. The number of nitrogens with one attached hydrogen (secondary N) is 1. The summed E-state index contributed by atoms with van der Waals surface area (Å²) in [5.41, 5.74) is 0. The van der Waals surface area contributed by atoms with Crippen molar-refractivity contribution in [2.75, 3.05) is 19.6 Å². The molecule has 1 aliphatic heterocycles. The van der Waals surface area contributed by atoms with Crippen molar-refractivity contribution < 1.29 is 0 Å². The first-order chi connectivity index (χ1) is 7.24. The van der Waals surface area contributed by atoms with Gasteiger partial charge in [-0.25, -0.2) is 0 Å².